The van der Waals surface area contributed by atoms with Crippen LogP contribution in [0.5, 0.6) is 0 Å². The van der Waals surface area contributed by atoms with E-state index in [-0.39, 0.29) is 0 Å². The van der Waals surface area contributed by atoms with E-state index in [9.17, 15) is 4.79 Å². The molecule has 70 valence electrons. The first-order valence-corrected chi connectivity index (χ1v) is 4.15. The zero-order valence-corrected chi connectivity index (χ0v) is 8.28. The van der Waals surface area contributed by atoms with Gasteiger partial charge < -0.3 is 9.47 Å². The first-order chi connectivity index (χ1) is 5.45. The molecule has 2 atom stereocenters. The van der Waals surface area contributed by atoms with Crippen LogP contribution in [-0.2, 0) is 9.47 Å². The van der Waals surface area contributed by atoms with Gasteiger partial charge in [-0.25, -0.2) is 4.79 Å². The fourth-order valence-corrected chi connectivity index (χ4v) is 1.30. The van der Waals surface area contributed by atoms with Crippen molar-refractivity contribution in [3.63, 3.8) is 0 Å². The van der Waals surface area contributed by atoms with Gasteiger partial charge in [0, 0.05) is 7.11 Å². The Labute approximate surface area is 84.0 Å². The van der Waals surface area contributed by atoms with Gasteiger partial charge in [-0.15, -0.1) is 0 Å². The predicted molar refractivity (Wildman–Crippen MR) is 44.5 cm³/mol. The molecule has 1 aliphatic rings. The van der Waals surface area contributed by atoms with E-state index >= 15 is 0 Å². The molecule has 0 spiro atoms. The Bertz CT molecular complexity index is 193. The summed E-state index contributed by atoms with van der Waals surface area (Å²) in [6.45, 7) is 0. The SMILES string of the molecule is CO[C@@H]1NC(=O)O[C@H]1C(Cl)(Cl)Cl. The summed E-state index contributed by atoms with van der Waals surface area (Å²) in [5.41, 5.74) is 0. The highest BCUT2D eigenvalue weighted by Gasteiger charge is 2.47. The van der Waals surface area contributed by atoms with Crippen molar-refractivity contribution < 1.29 is 14.3 Å². The van der Waals surface area contributed by atoms with Gasteiger partial charge in [-0.3, -0.25) is 5.32 Å². The fraction of sp³-hybridized carbons (Fsp3) is 0.800. The van der Waals surface area contributed by atoms with Crippen LogP contribution in [0.4, 0.5) is 4.79 Å². The summed E-state index contributed by atoms with van der Waals surface area (Å²) in [5, 5.41) is 2.32. The maximum atomic E-state index is 10.7. The van der Waals surface area contributed by atoms with Crippen molar-refractivity contribution in [2.75, 3.05) is 7.11 Å². The number of alkyl halides is 3. The van der Waals surface area contributed by atoms with E-state index in [4.69, 9.17) is 39.5 Å². The number of amides is 1. The fourth-order valence-electron chi connectivity index (χ4n) is 0.824. The third-order valence-electron chi connectivity index (χ3n) is 1.35. The van der Waals surface area contributed by atoms with E-state index in [1.54, 1.807) is 0 Å². The summed E-state index contributed by atoms with van der Waals surface area (Å²) in [4.78, 5) is 10.7. The summed E-state index contributed by atoms with van der Waals surface area (Å²) in [6, 6.07) is 0. The normalized spacial score (nSPS) is 29.8. The quantitative estimate of drug-likeness (QED) is 0.698. The van der Waals surface area contributed by atoms with E-state index < -0.39 is 22.2 Å². The highest BCUT2D eigenvalue weighted by molar-refractivity contribution is 6.68. The van der Waals surface area contributed by atoms with Crippen molar-refractivity contribution in [3.05, 3.63) is 0 Å². The van der Waals surface area contributed by atoms with E-state index in [0.717, 1.165) is 0 Å². The number of carbonyl (C=O) groups excluding carboxylic acids is 1. The lowest BCUT2D eigenvalue weighted by Crippen LogP contribution is -2.40. The lowest BCUT2D eigenvalue weighted by atomic mass is 10.3. The Morgan fingerprint density at radius 2 is 2.17 bits per heavy atom. The second kappa shape index (κ2) is 3.46. The number of hydrogen-bond donors (Lipinski definition) is 1. The zero-order chi connectivity index (χ0) is 9.35. The molecule has 4 nitrogen and oxygen atoms in total. The van der Waals surface area contributed by atoms with E-state index in [0.29, 0.717) is 0 Å². The molecule has 0 bridgehead atoms. The average Bonchev–Trinajstić information content (AvgIpc) is 2.29. The Balaban J connectivity index is 2.70. The molecule has 0 aromatic heterocycles. The van der Waals surface area contributed by atoms with Crippen LogP contribution in [0.25, 0.3) is 0 Å². The highest BCUT2D eigenvalue weighted by atomic mass is 35.6. The maximum Gasteiger partial charge on any atom is 0.409 e. The minimum Gasteiger partial charge on any atom is -0.437 e. The molecule has 12 heavy (non-hydrogen) atoms. The van der Waals surface area contributed by atoms with E-state index in [2.05, 4.69) is 10.1 Å². The molecule has 1 fully saturated rings. The molecular weight excluding hydrogens is 228 g/mol. The van der Waals surface area contributed by atoms with Gasteiger partial charge in [0.15, 0.2) is 12.3 Å². The number of nitrogens with one attached hydrogen (secondary N) is 1. The maximum absolute atomic E-state index is 10.7. The second-order valence-electron chi connectivity index (χ2n) is 2.17. The lowest BCUT2D eigenvalue weighted by Gasteiger charge is -2.21. The molecule has 7 heteroatoms. The van der Waals surface area contributed by atoms with Gasteiger partial charge in [-0.2, -0.15) is 0 Å². The van der Waals surface area contributed by atoms with Crippen LogP contribution >= 0.6 is 34.8 Å². The molecule has 0 aromatic rings. The summed E-state index contributed by atoms with van der Waals surface area (Å²) in [5.74, 6) is 0. The van der Waals surface area contributed by atoms with Crippen LogP contribution in [0.2, 0.25) is 0 Å². The number of methoxy groups -OCH3 is 1. The van der Waals surface area contributed by atoms with Crippen molar-refractivity contribution >= 4 is 40.9 Å². The highest BCUT2D eigenvalue weighted by Crippen LogP contribution is 2.36. The third-order valence-corrected chi connectivity index (χ3v) is 1.99. The molecule has 0 unspecified atom stereocenters. The average molecular weight is 234 g/mol. The van der Waals surface area contributed by atoms with Crippen molar-refractivity contribution in [1.29, 1.82) is 0 Å². The second-order valence-corrected chi connectivity index (χ2v) is 4.54. The standard InChI is InChI=1S/C5H6Cl3NO3/c1-11-3-2(5(6,7)8)12-4(10)9-3/h2-3H,1H3,(H,9,10)/t2-,3+/m1/s1. The molecule has 0 aromatic carbocycles. The number of hydrogen-bond acceptors (Lipinski definition) is 3. The topological polar surface area (TPSA) is 47.6 Å². The van der Waals surface area contributed by atoms with Gasteiger partial charge in [0.25, 0.3) is 0 Å². The van der Waals surface area contributed by atoms with Gasteiger partial charge in [-0.1, -0.05) is 34.8 Å². The molecule has 1 heterocycles. The van der Waals surface area contributed by atoms with Crippen molar-refractivity contribution in [3.8, 4) is 0 Å². The number of rotatable bonds is 1. The Morgan fingerprint density at radius 1 is 1.58 bits per heavy atom. The minimum absolute atomic E-state index is 0.654. The van der Waals surface area contributed by atoms with Crippen molar-refractivity contribution in [1.82, 2.24) is 5.32 Å². The molecular formula is C5H6Cl3NO3. The van der Waals surface area contributed by atoms with Crippen LogP contribution < -0.4 is 5.32 Å². The third kappa shape index (κ3) is 2.07. The van der Waals surface area contributed by atoms with Gasteiger partial charge in [0.1, 0.15) is 0 Å². The van der Waals surface area contributed by atoms with Gasteiger partial charge >= 0.3 is 6.09 Å². The van der Waals surface area contributed by atoms with Gasteiger partial charge in [-0.05, 0) is 0 Å². The predicted octanol–water partition coefficient (Wildman–Crippen LogP) is 1.44. The van der Waals surface area contributed by atoms with Gasteiger partial charge in [0.2, 0.25) is 3.79 Å². The van der Waals surface area contributed by atoms with Crippen LogP contribution in [-0.4, -0.2) is 29.3 Å². The number of ether oxygens (including phenoxy) is 2. The summed E-state index contributed by atoms with van der Waals surface area (Å²) < 4.78 is 7.79. The smallest absolute Gasteiger partial charge is 0.409 e. The Morgan fingerprint density at radius 3 is 2.50 bits per heavy atom. The summed E-state index contributed by atoms with van der Waals surface area (Å²) >= 11 is 16.5. The Hall–Kier alpha value is 0.1000. The van der Waals surface area contributed by atoms with Crippen LogP contribution in [0, 0.1) is 0 Å². The molecule has 1 saturated heterocycles. The number of cyclic esters (lactones) is 1. The molecule has 0 radical (unpaired) electrons. The zero-order valence-electron chi connectivity index (χ0n) is 6.01. The monoisotopic (exact) mass is 233 g/mol. The van der Waals surface area contributed by atoms with Gasteiger partial charge in [0.05, 0.1) is 0 Å². The van der Waals surface area contributed by atoms with Crippen molar-refractivity contribution in [2.45, 2.75) is 16.1 Å². The van der Waals surface area contributed by atoms with Crippen LogP contribution in [0.1, 0.15) is 0 Å². The molecule has 1 rings (SSSR count). The number of alkyl carbamates (subject to hydrolysis) is 1. The molecule has 1 N–H and O–H groups in total. The Kier molecular flexibility index (Phi) is 2.93. The molecule has 1 amide bonds. The van der Waals surface area contributed by atoms with E-state index in [1.807, 2.05) is 0 Å². The lowest BCUT2D eigenvalue weighted by molar-refractivity contribution is 0.0239. The first-order valence-electron chi connectivity index (χ1n) is 3.02. The largest absolute Gasteiger partial charge is 0.437 e. The number of halogens is 3. The van der Waals surface area contributed by atoms with Crippen molar-refractivity contribution in [2.24, 2.45) is 0 Å². The van der Waals surface area contributed by atoms with Crippen LogP contribution in [0.3, 0.4) is 0 Å². The van der Waals surface area contributed by atoms with E-state index in [1.165, 1.54) is 7.11 Å². The molecule has 0 aliphatic carbocycles. The number of carbonyl (C=O) groups is 1. The molecule has 0 saturated carbocycles. The molecule has 1 aliphatic heterocycles. The first kappa shape index (κ1) is 10.2. The summed E-state index contributed by atoms with van der Waals surface area (Å²) in [6.07, 6.45) is -2.29. The minimum atomic E-state index is -1.68. The van der Waals surface area contributed by atoms with Crippen LogP contribution in [0.15, 0.2) is 0 Å². The summed E-state index contributed by atoms with van der Waals surface area (Å²) in [7, 11) is 1.38.